The van der Waals surface area contributed by atoms with Gasteiger partial charge in [0.25, 0.3) is 0 Å². The summed E-state index contributed by atoms with van der Waals surface area (Å²) in [5.41, 5.74) is 0. The monoisotopic (exact) mass is 239 g/mol. The lowest BCUT2D eigenvalue weighted by molar-refractivity contribution is 0.108. The summed E-state index contributed by atoms with van der Waals surface area (Å²) in [5.74, 6) is 2.15. The molecule has 0 aliphatic heterocycles. The van der Waals surface area contributed by atoms with Crippen LogP contribution in [0.15, 0.2) is 16.5 Å². The Morgan fingerprint density at radius 1 is 1.18 bits per heavy atom. The maximum absolute atomic E-state index is 9.40. The molecule has 0 aromatic carbocycles. The van der Waals surface area contributed by atoms with Crippen molar-refractivity contribution in [1.82, 2.24) is 5.32 Å². The molecule has 0 radical (unpaired) electrons. The summed E-state index contributed by atoms with van der Waals surface area (Å²) in [6.07, 6.45) is 4.00. The van der Waals surface area contributed by atoms with Crippen LogP contribution in [0.25, 0.3) is 0 Å². The Morgan fingerprint density at radius 3 is 2.53 bits per heavy atom. The van der Waals surface area contributed by atoms with Crippen molar-refractivity contribution in [3.8, 4) is 0 Å². The smallest absolute Gasteiger partial charge is 0.129 e. The Balaban J connectivity index is 1.65. The van der Waals surface area contributed by atoms with Crippen molar-refractivity contribution in [3.05, 3.63) is 23.7 Å². The van der Waals surface area contributed by atoms with Crippen molar-refractivity contribution in [2.75, 3.05) is 6.54 Å². The molecule has 0 bridgehead atoms. The summed E-state index contributed by atoms with van der Waals surface area (Å²) in [4.78, 5) is 0. The molecule has 1 aromatic rings. The Bertz CT molecular complexity index is 329. The van der Waals surface area contributed by atoms with Crippen molar-refractivity contribution >= 4 is 0 Å². The standard InChI is InChI=1S/C13H21NO3/c15-9-13-6-5-12(17-13)8-14-7-10-1-3-11(16)4-2-10/h5-6,10-11,14-16H,1-4,7-9H2. The molecule has 0 spiro atoms. The highest BCUT2D eigenvalue weighted by Crippen LogP contribution is 2.23. The number of rotatable bonds is 5. The largest absolute Gasteiger partial charge is 0.462 e. The first kappa shape index (κ1) is 12.6. The van der Waals surface area contributed by atoms with Crippen molar-refractivity contribution in [3.63, 3.8) is 0 Å². The summed E-state index contributed by atoms with van der Waals surface area (Å²) >= 11 is 0. The second-order valence-corrected chi connectivity index (χ2v) is 4.83. The van der Waals surface area contributed by atoms with Gasteiger partial charge in [-0.3, -0.25) is 0 Å². The molecule has 0 amide bonds. The van der Waals surface area contributed by atoms with Gasteiger partial charge in [-0.05, 0) is 50.3 Å². The van der Waals surface area contributed by atoms with E-state index in [0.29, 0.717) is 18.2 Å². The molecular weight excluding hydrogens is 218 g/mol. The second kappa shape index (κ2) is 6.19. The van der Waals surface area contributed by atoms with Crippen molar-refractivity contribution in [1.29, 1.82) is 0 Å². The molecule has 0 unspecified atom stereocenters. The van der Waals surface area contributed by atoms with Crippen LogP contribution in [-0.4, -0.2) is 22.9 Å². The molecule has 1 aliphatic rings. The lowest BCUT2D eigenvalue weighted by Crippen LogP contribution is -2.27. The lowest BCUT2D eigenvalue weighted by Gasteiger charge is -2.25. The first-order valence-corrected chi connectivity index (χ1v) is 6.35. The zero-order valence-electron chi connectivity index (χ0n) is 10.1. The fourth-order valence-corrected chi connectivity index (χ4v) is 2.35. The summed E-state index contributed by atoms with van der Waals surface area (Å²) in [6.45, 7) is 1.64. The van der Waals surface area contributed by atoms with Gasteiger partial charge in [0, 0.05) is 0 Å². The van der Waals surface area contributed by atoms with Gasteiger partial charge < -0.3 is 19.9 Å². The molecule has 1 aromatic heterocycles. The number of furan rings is 1. The minimum atomic E-state index is -0.0802. The van der Waals surface area contributed by atoms with Crippen LogP contribution in [0.1, 0.15) is 37.2 Å². The van der Waals surface area contributed by atoms with Crippen molar-refractivity contribution < 1.29 is 14.6 Å². The maximum atomic E-state index is 9.40. The molecule has 3 N–H and O–H groups in total. The van der Waals surface area contributed by atoms with Gasteiger partial charge in [0.15, 0.2) is 0 Å². The van der Waals surface area contributed by atoms with E-state index in [1.54, 1.807) is 6.07 Å². The highest BCUT2D eigenvalue weighted by molar-refractivity contribution is 5.06. The van der Waals surface area contributed by atoms with E-state index in [-0.39, 0.29) is 12.7 Å². The van der Waals surface area contributed by atoms with Gasteiger partial charge in [0.05, 0.1) is 12.6 Å². The summed E-state index contributed by atoms with van der Waals surface area (Å²) in [6, 6.07) is 3.69. The SMILES string of the molecule is OCc1ccc(CNCC2CCC(O)CC2)o1. The fraction of sp³-hybridized carbons (Fsp3) is 0.692. The van der Waals surface area contributed by atoms with Crippen LogP contribution in [0.5, 0.6) is 0 Å². The van der Waals surface area contributed by atoms with Gasteiger partial charge in [0.2, 0.25) is 0 Å². The van der Waals surface area contributed by atoms with Crippen LogP contribution >= 0.6 is 0 Å². The van der Waals surface area contributed by atoms with Crippen molar-refractivity contribution in [2.24, 2.45) is 5.92 Å². The van der Waals surface area contributed by atoms with E-state index >= 15 is 0 Å². The molecule has 4 nitrogen and oxygen atoms in total. The average molecular weight is 239 g/mol. The first-order chi connectivity index (χ1) is 8.28. The maximum Gasteiger partial charge on any atom is 0.129 e. The second-order valence-electron chi connectivity index (χ2n) is 4.83. The molecule has 1 aliphatic carbocycles. The van der Waals surface area contributed by atoms with Crippen LogP contribution in [0.4, 0.5) is 0 Å². The molecule has 96 valence electrons. The van der Waals surface area contributed by atoms with E-state index < -0.39 is 0 Å². The van der Waals surface area contributed by atoms with E-state index in [0.717, 1.165) is 38.0 Å². The number of aliphatic hydroxyl groups is 2. The molecule has 1 saturated carbocycles. The van der Waals surface area contributed by atoms with Crippen LogP contribution < -0.4 is 5.32 Å². The molecular formula is C13H21NO3. The Labute approximate surface area is 102 Å². The van der Waals surface area contributed by atoms with Gasteiger partial charge in [0.1, 0.15) is 18.1 Å². The summed E-state index contributed by atoms with van der Waals surface area (Å²) in [5, 5.41) is 21.6. The first-order valence-electron chi connectivity index (χ1n) is 6.35. The lowest BCUT2D eigenvalue weighted by atomic mass is 9.87. The molecule has 0 saturated heterocycles. The van der Waals surface area contributed by atoms with E-state index in [9.17, 15) is 5.11 Å². The van der Waals surface area contributed by atoms with Crippen LogP contribution in [0.2, 0.25) is 0 Å². The molecule has 17 heavy (non-hydrogen) atoms. The van der Waals surface area contributed by atoms with Gasteiger partial charge in [-0.1, -0.05) is 0 Å². The topological polar surface area (TPSA) is 65.6 Å². The summed E-state index contributed by atoms with van der Waals surface area (Å²) < 4.78 is 5.39. The van der Waals surface area contributed by atoms with E-state index in [1.807, 2.05) is 6.07 Å². The number of aliphatic hydroxyl groups excluding tert-OH is 2. The third kappa shape index (κ3) is 3.84. The van der Waals surface area contributed by atoms with Gasteiger partial charge >= 0.3 is 0 Å². The quantitative estimate of drug-likeness (QED) is 0.727. The zero-order valence-corrected chi connectivity index (χ0v) is 10.1. The van der Waals surface area contributed by atoms with Crippen LogP contribution in [-0.2, 0) is 13.2 Å². The fourth-order valence-electron chi connectivity index (χ4n) is 2.35. The van der Waals surface area contributed by atoms with Crippen LogP contribution in [0, 0.1) is 5.92 Å². The Hall–Kier alpha value is -0.840. The Morgan fingerprint density at radius 2 is 1.88 bits per heavy atom. The van der Waals surface area contributed by atoms with E-state index in [4.69, 9.17) is 9.52 Å². The third-order valence-electron chi connectivity index (χ3n) is 3.42. The van der Waals surface area contributed by atoms with Gasteiger partial charge in [-0.15, -0.1) is 0 Å². The highest BCUT2D eigenvalue weighted by atomic mass is 16.4. The minimum Gasteiger partial charge on any atom is -0.462 e. The summed E-state index contributed by atoms with van der Waals surface area (Å²) in [7, 11) is 0. The van der Waals surface area contributed by atoms with Crippen LogP contribution in [0.3, 0.4) is 0 Å². The van der Waals surface area contributed by atoms with Gasteiger partial charge in [-0.2, -0.15) is 0 Å². The molecule has 4 heteroatoms. The predicted octanol–water partition coefficient (Wildman–Crippen LogP) is 1.41. The van der Waals surface area contributed by atoms with E-state index in [2.05, 4.69) is 5.32 Å². The zero-order chi connectivity index (χ0) is 12.1. The molecule has 0 atom stereocenters. The minimum absolute atomic E-state index is 0.0412. The number of hydrogen-bond donors (Lipinski definition) is 3. The molecule has 1 fully saturated rings. The number of nitrogens with one attached hydrogen (secondary N) is 1. The highest BCUT2D eigenvalue weighted by Gasteiger charge is 2.18. The van der Waals surface area contributed by atoms with Gasteiger partial charge in [-0.25, -0.2) is 0 Å². The normalized spacial score (nSPS) is 25.1. The third-order valence-corrected chi connectivity index (χ3v) is 3.42. The number of hydrogen-bond acceptors (Lipinski definition) is 4. The Kier molecular flexibility index (Phi) is 4.59. The molecule has 1 heterocycles. The van der Waals surface area contributed by atoms with E-state index in [1.165, 1.54) is 0 Å². The predicted molar refractivity (Wildman–Crippen MR) is 64.3 cm³/mol. The average Bonchev–Trinajstić information content (AvgIpc) is 2.80. The molecule has 2 rings (SSSR count). The van der Waals surface area contributed by atoms with Crippen molar-refractivity contribution in [2.45, 2.75) is 44.9 Å².